The predicted octanol–water partition coefficient (Wildman–Crippen LogP) is 0.711. The van der Waals surface area contributed by atoms with E-state index < -0.39 is 0 Å². The number of halogens is 1. The van der Waals surface area contributed by atoms with Crippen molar-refractivity contribution in [3.8, 4) is 5.75 Å². The highest BCUT2D eigenvalue weighted by Gasteiger charge is 2.30. The monoisotopic (exact) mass is 307 g/mol. The van der Waals surface area contributed by atoms with Crippen molar-refractivity contribution in [2.24, 2.45) is 0 Å². The largest absolute Gasteiger partial charge is 0.484 e. The van der Waals surface area contributed by atoms with Gasteiger partial charge < -0.3 is 15.0 Å². The predicted molar refractivity (Wildman–Crippen MR) is 81.3 cm³/mol. The van der Waals surface area contributed by atoms with E-state index >= 15 is 0 Å². The number of rotatable bonds is 4. The summed E-state index contributed by atoms with van der Waals surface area (Å²) in [6.07, 6.45) is 1.02. The lowest BCUT2D eigenvalue weighted by atomic mass is 10.2. The topological polar surface area (TPSA) is 44.8 Å². The van der Waals surface area contributed by atoms with Crippen molar-refractivity contribution in [1.82, 2.24) is 15.1 Å². The molecule has 1 atom stereocenters. The third-order valence-corrected chi connectivity index (χ3v) is 4.34. The van der Waals surface area contributed by atoms with Crippen LogP contribution in [0.4, 0.5) is 4.39 Å². The lowest BCUT2D eigenvalue weighted by Gasteiger charge is -2.32. The van der Waals surface area contributed by atoms with Crippen LogP contribution in [0.25, 0.3) is 0 Å². The molecule has 1 amide bonds. The van der Waals surface area contributed by atoms with Crippen molar-refractivity contribution in [1.29, 1.82) is 0 Å². The van der Waals surface area contributed by atoms with E-state index in [1.54, 1.807) is 12.1 Å². The Kier molecular flexibility index (Phi) is 4.90. The molecule has 2 aliphatic rings. The fourth-order valence-electron chi connectivity index (χ4n) is 3.11. The Morgan fingerprint density at radius 1 is 1.32 bits per heavy atom. The lowest BCUT2D eigenvalue weighted by molar-refractivity contribution is -0.132. The number of hydrogen-bond donors (Lipinski definition) is 1. The van der Waals surface area contributed by atoms with Gasteiger partial charge in [0, 0.05) is 51.4 Å². The first-order valence-electron chi connectivity index (χ1n) is 7.83. The molecule has 22 heavy (non-hydrogen) atoms. The number of carbonyl (C=O) groups is 1. The number of nitrogens with one attached hydrogen (secondary N) is 1. The van der Waals surface area contributed by atoms with E-state index in [4.69, 9.17) is 4.74 Å². The van der Waals surface area contributed by atoms with Gasteiger partial charge in [0.25, 0.3) is 5.91 Å². The van der Waals surface area contributed by atoms with E-state index in [2.05, 4.69) is 10.2 Å². The first-order chi connectivity index (χ1) is 10.7. The number of carbonyl (C=O) groups excluding carboxylic acids is 1. The van der Waals surface area contributed by atoms with Gasteiger partial charge in [-0.1, -0.05) is 6.07 Å². The molecule has 0 aliphatic carbocycles. The third kappa shape index (κ3) is 3.75. The Balaban J connectivity index is 1.47. The van der Waals surface area contributed by atoms with Gasteiger partial charge in [0.1, 0.15) is 11.6 Å². The Bertz CT molecular complexity index is 520. The summed E-state index contributed by atoms with van der Waals surface area (Å²) in [5, 5.41) is 3.34. The van der Waals surface area contributed by atoms with Gasteiger partial charge in [-0.3, -0.25) is 9.69 Å². The zero-order chi connectivity index (χ0) is 15.4. The summed E-state index contributed by atoms with van der Waals surface area (Å²) in [4.78, 5) is 16.5. The molecule has 0 saturated carbocycles. The number of likely N-dealkylation sites (tertiary alicyclic amines) is 1. The average Bonchev–Trinajstić information content (AvgIpc) is 3.04. The Hall–Kier alpha value is -1.66. The van der Waals surface area contributed by atoms with Gasteiger partial charge >= 0.3 is 0 Å². The van der Waals surface area contributed by atoms with E-state index in [0.29, 0.717) is 11.8 Å². The second kappa shape index (κ2) is 7.07. The Morgan fingerprint density at radius 3 is 2.91 bits per heavy atom. The summed E-state index contributed by atoms with van der Waals surface area (Å²) in [6.45, 7) is 5.66. The molecule has 0 aromatic heterocycles. The molecule has 0 radical (unpaired) electrons. The van der Waals surface area contributed by atoms with Crippen molar-refractivity contribution >= 4 is 5.91 Å². The van der Waals surface area contributed by atoms with Gasteiger partial charge in [0.05, 0.1) is 0 Å². The van der Waals surface area contributed by atoms with Crippen molar-refractivity contribution in [3.05, 3.63) is 30.1 Å². The molecule has 1 N–H and O–H groups in total. The van der Waals surface area contributed by atoms with E-state index in [0.717, 1.165) is 45.7 Å². The molecule has 0 spiro atoms. The molecule has 120 valence electrons. The molecule has 2 fully saturated rings. The maximum Gasteiger partial charge on any atom is 0.260 e. The van der Waals surface area contributed by atoms with Gasteiger partial charge in [-0.15, -0.1) is 0 Å². The van der Waals surface area contributed by atoms with E-state index in [1.165, 1.54) is 12.1 Å². The third-order valence-electron chi connectivity index (χ3n) is 4.34. The molecule has 2 aliphatic heterocycles. The van der Waals surface area contributed by atoms with Crippen LogP contribution in [0.1, 0.15) is 6.42 Å². The highest BCUT2D eigenvalue weighted by atomic mass is 19.1. The van der Waals surface area contributed by atoms with Crippen LogP contribution < -0.4 is 10.1 Å². The molecule has 2 saturated heterocycles. The zero-order valence-electron chi connectivity index (χ0n) is 12.6. The van der Waals surface area contributed by atoms with Crippen LogP contribution >= 0.6 is 0 Å². The number of piperazine rings is 1. The zero-order valence-corrected chi connectivity index (χ0v) is 12.6. The first kappa shape index (κ1) is 15.2. The maximum atomic E-state index is 13.1. The summed E-state index contributed by atoms with van der Waals surface area (Å²) in [7, 11) is 0. The summed E-state index contributed by atoms with van der Waals surface area (Å²) in [5.41, 5.74) is 0. The molecule has 1 aromatic rings. The normalized spacial score (nSPS) is 22.8. The minimum atomic E-state index is -0.357. The Morgan fingerprint density at radius 2 is 2.14 bits per heavy atom. The van der Waals surface area contributed by atoms with E-state index in [9.17, 15) is 9.18 Å². The summed E-state index contributed by atoms with van der Waals surface area (Å²) >= 11 is 0. The smallest absolute Gasteiger partial charge is 0.260 e. The van der Waals surface area contributed by atoms with E-state index in [1.807, 2.05) is 4.90 Å². The molecule has 6 heteroatoms. The van der Waals surface area contributed by atoms with Crippen LogP contribution in [0.3, 0.4) is 0 Å². The first-order valence-corrected chi connectivity index (χ1v) is 7.83. The summed E-state index contributed by atoms with van der Waals surface area (Å²) in [5.74, 6) is 0.0120. The number of ether oxygens (including phenoxy) is 1. The van der Waals surface area contributed by atoms with Crippen LogP contribution in [0.15, 0.2) is 24.3 Å². The summed E-state index contributed by atoms with van der Waals surface area (Å²) in [6, 6.07) is 6.34. The number of hydrogen-bond acceptors (Lipinski definition) is 4. The van der Waals surface area contributed by atoms with Gasteiger partial charge in [-0.05, 0) is 18.6 Å². The molecule has 0 bridgehead atoms. The molecular weight excluding hydrogens is 285 g/mol. The average molecular weight is 307 g/mol. The maximum absolute atomic E-state index is 13.1. The molecule has 5 nitrogen and oxygen atoms in total. The van der Waals surface area contributed by atoms with Gasteiger partial charge in [0.2, 0.25) is 0 Å². The molecule has 1 unspecified atom stereocenters. The van der Waals surface area contributed by atoms with Crippen LogP contribution in [0.5, 0.6) is 5.75 Å². The van der Waals surface area contributed by atoms with Crippen LogP contribution in [0, 0.1) is 5.82 Å². The second-order valence-electron chi connectivity index (χ2n) is 5.81. The van der Waals surface area contributed by atoms with Crippen molar-refractivity contribution in [2.75, 3.05) is 45.9 Å². The molecule has 2 heterocycles. The summed E-state index contributed by atoms with van der Waals surface area (Å²) < 4.78 is 18.5. The van der Waals surface area contributed by atoms with Crippen LogP contribution in [-0.2, 0) is 4.79 Å². The van der Waals surface area contributed by atoms with E-state index in [-0.39, 0.29) is 18.3 Å². The number of amides is 1. The SMILES string of the molecule is O=C(COc1cccc(F)c1)N1CCC(N2CCNCC2)C1. The minimum Gasteiger partial charge on any atom is -0.484 e. The Labute approximate surface area is 130 Å². The highest BCUT2D eigenvalue weighted by Crippen LogP contribution is 2.17. The van der Waals surface area contributed by atoms with Crippen molar-refractivity contribution in [3.63, 3.8) is 0 Å². The fraction of sp³-hybridized carbons (Fsp3) is 0.562. The van der Waals surface area contributed by atoms with Crippen molar-refractivity contribution < 1.29 is 13.9 Å². The van der Waals surface area contributed by atoms with Gasteiger partial charge in [0.15, 0.2) is 6.61 Å². The quantitative estimate of drug-likeness (QED) is 0.890. The lowest BCUT2D eigenvalue weighted by Crippen LogP contribution is -2.49. The molecule has 3 rings (SSSR count). The standard InChI is InChI=1S/C16H22FN3O2/c17-13-2-1-3-15(10-13)22-12-16(21)20-7-4-14(11-20)19-8-5-18-6-9-19/h1-3,10,14,18H,4-9,11-12H2. The fourth-order valence-corrected chi connectivity index (χ4v) is 3.11. The van der Waals surface area contributed by atoms with Crippen LogP contribution in [0.2, 0.25) is 0 Å². The minimum absolute atomic E-state index is 0.0260. The number of benzene rings is 1. The van der Waals surface area contributed by atoms with Gasteiger partial charge in [-0.2, -0.15) is 0 Å². The number of nitrogens with zero attached hydrogens (tertiary/aromatic N) is 2. The highest BCUT2D eigenvalue weighted by molar-refractivity contribution is 5.78. The molecule has 1 aromatic carbocycles. The van der Waals surface area contributed by atoms with Crippen molar-refractivity contribution in [2.45, 2.75) is 12.5 Å². The second-order valence-corrected chi connectivity index (χ2v) is 5.81. The van der Waals surface area contributed by atoms with Gasteiger partial charge in [-0.25, -0.2) is 4.39 Å². The molecular formula is C16H22FN3O2. The van der Waals surface area contributed by atoms with Crippen LogP contribution in [-0.4, -0.2) is 67.6 Å².